The van der Waals surface area contributed by atoms with Crippen LogP contribution < -0.4 is 10.2 Å². The van der Waals surface area contributed by atoms with Gasteiger partial charge in [-0.25, -0.2) is 0 Å². The maximum atomic E-state index is 11.9. The Morgan fingerprint density at radius 3 is 2.55 bits per heavy atom. The first-order valence-electron chi connectivity index (χ1n) is 7.02. The molecule has 1 atom stereocenters. The number of amides is 1. The van der Waals surface area contributed by atoms with Crippen molar-refractivity contribution in [3.05, 3.63) is 34.4 Å². The summed E-state index contributed by atoms with van der Waals surface area (Å²) in [5, 5.41) is 23.5. The van der Waals surface area contributed by atoms with Gasteiger partial charge < -0.3 is 15.3 Å². The molecule has 1 aromatic carbocycles. The van der Waals surface area contributed by atoms with Crippen LogP contribution in [0.1, 0.15) is 20.8 Å². The summed E-state index contributed by atoms with van der Waals surface area (Å²) in [5.41, 5.74) is 0.00348. The number of benzene rings is 1. The van der Waals surface area contributed by atoms with E-state index in [-0.39, 0.29) is 30.1 Å². The molecule has 0 bridgehead atoms. The van der Waals surface area contributed by atoms with E-state index in [2.05, 4.69) is 5.32 Å². The molecule has 2 N–H and O–H groups in total. The van der Waals surface area contributed by atoms with Crippen molar-refractivity contribution >= 4 is 17.3 Å². The summed E-state index contributed by atoms with van der Waals surface area (Å²) in [5.74, 6) is -0.302. The van der Waals surface area contributed by atoms with Gasteiger partial charge in [0, 0.05) is 19.7 Å². The van der Waals surface area contributed by atoms with E-state index < -0.39 is 11.0 Å². The molecule has 0 aliphatic carbocycles. The van der Waals surface area contributed by atoms with E-state index in [0.717, 1.165) is 0 Å². The third-order valence-corrected chi connectivity index (χ3v) is 3.36. The van der Waals surface area contributed by atoms with Crippen LogP contribution in [0.3, 0.4) is 0 Å². The van der Waals surface area contributed by atoms with Crippen LogP contribution in [0.2, 0.25) is 0 Å². The molecule has 1 amide bonds. The van der Waals surface area contributed by atoms with Gasteiger partial charge in [0.05, 0.1) is 17.6 Å². The van der Waals surface area contributed by atoms with Gasteiger partial charge in [0.2, 0.25) is 5.91 Å². The van der Waals surface area contributed by atoms with Crippen molar-refractivity contribution in [2.75, 3.05) is 25.0 Å². The van der Waals surface area contributed by atoms with E-state index in [1.54, 1.807) is 25.2 Å². The van der Waals surface area contributed by atoms with Crippen LogP contribution in [0.15, 0.2) is 24.3 Å². The quantitative estimate of drug-likeness (QED) is 0.614. The second-order valence-electron chi connectivity index (χ2n) is 6.29. The van der Waals surface area contributed by atoms with Crippen molar-refractivity contribution in [3.8, 4) is 0 Å². The van der Waals surface area contributed by atoms with Crippen LogP contribution >= 0.6 is 0 Å². The number of hydrogen-bond acceptors (Lipinski definition) is 5. The molecule has 22 heavy (non-hydrogen) atoms. The molecule has 0 aliphatic rings. The number of carbonyl (C=O) groups is 1. The van der Waals surface area contributed by atoms with Crippen molar-refractivity contribution in [2.24, 2.45) is 5.41 Å². The van der Waals surface area contributed by atoms with E-state index in [1.807, 2.05) is 20.8 Å². The Bertz CT molecular complexity index is 540. The number of nitrogens with zero attached hydrogens (tertiary/aromatic N) is 2. The molecular weight excluding hydrogens is 286 g/mol. The number of nitro benzene ring substituents is 1. The Morgan fingerprint density at radius 2 is 2.00 bits per heavy atom. The van der Waals surface area contributed by atoms with Gasteiger partial charge in [0.25, 0.3) is 5.69 Å². The lowest BCUT2D eigenvalue weighted by atomic mass is 9.89. The third-order valence-electron chi connectivity index (χ3n) is 3.36. The van der Waals surface area contributed by atoms with Crippen LogP contribution in [-0.2, 0) is 4.79 Å². The number of anilines is 1. The number of carbonyl (C=O) groups excluding carboxylic acids is 1. The predicted molar refractivity (Wildman–Crippen MR) is 84.8 cm³/mol. The highest BCUT2D eigenvalue weighted by atomic mass is 16.6. The molecule has 0 spiro atoms. The summed E-state index contributed by atoms with van der Waals surface area (Å²) in [6.07, 6.45) is -0.659. The van der Waals surface area contributed by atoms with E-state index in [9.17, 15) is 20.0 Å². The topological polar surface area (TPSA) is 95.7 Å². The molecule has 0 saturated heterocycles. The molecule has 0 radical (unpaired) electrons. The summed E-state index contributed by atoms with van der Waals surface area (Å²) in [6, 6.07) is 6.25. The van der Waals surface area contributed by atoms with Gasteiger partial charge >= 0.3 is 0 Å². The summed E-state index contributed by atoms with van der Waals surface area (Å²) >= 11 is 0. The predicted octanol–water partition coefficient (Wildman–Crippen LogP) is 1.55. The highest BCUT2D eigenvalue weighted by Gasteiger charge is 2.23. The minimum Gasteiger partial charge on any atom is -0.391 e. The van der Waals surface area contributed by atoms with Gasteiger partial charge in [-0.05, 0) is 11.5 Å². The summed E-state index contributed by atoms with van der Waals surface area (Å²) in [4.78, 5) is 23.9. The SMILES string of the molecule is CN(CC(=O)NCC(O)C(C)(C)C)c1ccccc1[N+](=O)[O-]. The van der Waals surface area contributed by atoms with E-state index >= 15 is 0 Å². The number of aliphatic hydroxyl groups excluding tert-OH is 1. The first-order valence-corrected chi connectivity index (χ1v) is 7.02. The van der Waals surface area contributed by atoms with Crippen LogP contribution in [0, 0.1) is 15.5 Å². The van der Waals surface area contributed by atoms with Gasteiger partial charge in [-0.3, -0.25) is 14.9 Å². The van der Waals surface area contributed by atoms with Gasteiger partial charge in [-0.15, -0.1) is 0 Å². The number of aliphatic hydroxyl groups is 1. The van der Waals surface area contributed by atoms with Gasteiger partial charge in [-0.1, -0.05) is 32.9 Å². The number of nitrogens with one attached hydrogen (secondary N) is 1. The van der Waals surface area contributed by atoms with Crippen LogP contribution in [0.25, 0.3) is 0 Å². The smallest absolute Gasteiger partial charge is 0.292 e. The number of rotatable bonds is 6. The van der Waals surface area contributed by atoms with Crippen molar-refractivity contribution in [2.45, 2.75) is 26.9 Å². The molecule has 1 rings (SSSR count). The van der Waals surface area contributed by atoms with Gasteiger partial charge in [0.1, 0.15) is 5.69 Å². The van der Waals surface area contributed by atoms with Gasteiger partial charge in [0.15, 0.2) is 0 Å². The minimum absolute atomic E-state index is 0.0261. The number of likely N-dealkylation sites (N-methyl/N-ethyl adjacent to an activating group) is 1. The summed E-state index contributed by atoms with van der Waals surface area (Å²) in [6.45, 7) is 5.75. The van der Waals surface area contributed by atoms with E-state index in [4.69, 9.17) is 0 Å². The standard InChI is InChI=1S/C15H23N3O4/c1-15(2,3)13(19)9-16-14(20)10-17(4)11-7-5-6-8-12(11)18(21)22/h5-8,13,19H,9-10H2,1-4H3,(H,16,20). The fourth-order valence-electron chi connectivity index (χ4n) is 1.81. The minimum atomic E-state index is -0.659. The second kappa shape index (κ2) is 7.22. The van der Waals surface area contributed by atoms with Crippen molar-refractivity contribution < 1.29 is 14.8 Å². The molecule has 1 aromatic rings. The first-order chi connectivity index (χ1) is 10.1. The number of hydrogen-bond donors (Lipinski definition) is 2. The highest BCUT2D eigenvalue weighted by molar-refractivity contribution is 5.82. The number of nitro groups is 1. The van der Waals surface area contributed by atoms with Crippen molar-refractivity contribution in [1.29, 1.82) is 0 Å². The fraction of sp³-hybridized carbons (Fsp3) is 0.533. The molecule has 1 unspecified atom stereocenters. The molecular formula is C15H23N3O4. The van der Waals surface area contributed by atoms with E-state index in [1.165, 1.54) is 11.0 Å². The average molecular weight is 309 g/mol. The Labute approximate surface area is 130 Å². The maximum Gasteiger partial charge on any atom is 0.292 e. The molecule has 122 valence electrons. The number of para-hydroxylation sites is 2. The third kappa shape index (κ3) is 5.00. The highest BCUT2D eigenvalue weighted by Crippen LogP contribution is 2.26. The molecule has 0 aromatic heterocycles. The van der Waals surface area contributed by atoms with E-state index in [0.29, 0.717) is 5.69 Å². The fourth-order valence-corrected chi connectivity index (χ4v) is 1.81. The molecule has 7 nitrogen and oxygen atoms in total. The largest absolute Gasteiger partial charge is 0.391 e. The summed E-state index contributed by atoms with van der Waals surface area (Å²) < 4.78 is 0. The van der Waals surface area contributed by atoms with Crippen molar-refractivity contribution in [1.82, 2.24) is 5.32 Å². The zero-order chi connectivity index (χ0) is 16.9. The maximum absolute atomic E-state index is 11.9. The summed E-state index contributed by atoms with van der Waals surface area (Å²) in [7, 11) is 1.61. The molecule has 0 aliphatic heterocycles. The Kier molecular flexibility index (Phi) is 5.87. The van der Waals surface area contributed by atoms with Crippen LogP contribution in [0.4, 0.5) is 11.4 Å². The molecule has 0 fully saturated rings. The molecule has 0 heterocycles. The normalized spacial score (nSPS) is 12.6. The Balaban J connectivity index is 2.64. The molecule has 7 heteroatoms. The zero-order valence-corrected chi connectivity index (χ0v) is 13.4. The average Bonchev–Trinajstić information content (AvgIpc) is 2.43. The first kappa shape index (κ1) is 17.9. The zero-order valence-electron chi connectivity index (χ0n) is 13.4. The van der Waals surface area contributed by atoms with Crippen LogP contribution in [0.5, 0.6) is 0 Å². The Hall–Kier alpha value is -2.15. The van der Waals surface area contributed by atoms with Crippen molar-refractivity contribution in [3.63, 3.8) is 0 Å². The van der Waals surface area contributed by atoms with Gasteiger partial charge in [-0.2, -0.15) is 0 Å². The lowest BCUT2D eigenvalue weighted by Crippen LogP contribution is -2.42. The van der Waals surface area contributed by atoms with Crippen LogP contribution in [-0.4, -0.2) is 42.2 Å². The lowest BCUT2D eigenvalue weighted by molar-refractivity contribution is -0.384. The lowest BCUT2D eigenvalue weighted by Gasteiger charge is -2.26. The second-order valence-corrected chi connectivity index (χ2v) is 6.29. The Morgan fingerprint density at radius 1 is 1.41 bits per heavy atom. The monoisotopic (exact) mass is 309 g/mol. The molecule has 0 saturated carbocycles.